The number of aliphatic carboxylic acids is 1. The number of carbonyl (C=O) groups is 1. The number of phenolic OH excluding ortho intramolecular Hbond substituents is 1. The van der Waals surface area contributed by atoms with E-state index in [9.17, 15) is 9.90 Å². The first-order valence-corrected chi connectivity index (χ1v) is 6.94. The van der Waals surface area contributed by atoms with Crippen LogP contribution in [0.5, 0.6) is 5.75 Å². The van der Waals surface area contributed by atoms with Crippen LogP contribution in [0.1, 0.15) is 59.9 Å². The summed E-state index contributed by atoms with van der Waals surface area (Å²) in [4.78, 5) is 10.0. The smallest absolute Gasteiger partial charge is 0.303 e. The molecule has 0 aliphatic heterocycles. The van der Waals surface area contributed by atoms with E-state index >= 15 is 0 Å². The zero-order valence-corrected chi connectivity index (χ0v) is 13.5. The van der Waals surface area contributed by atoms with Crippen molar-refractivity contribution in [3.63, 3.8) is 0 Å². The first-order valence-electron chi connectivity index (χ1n) is 6.94. The number of carboxylic acid groups (broad SMARTS) is 1. The van der Waals surface area contributed by atoms with E-state index in [1.807, 2.05) is 39.0 Å². The molecule has 0 amide bonds. The van der Waals surface area contributed by atoms with E-state index in [1.165, 1.54) is 0 Å². The Morgan fingerprint density at radius 3 is 1.80 bits per heavy atom. The summed E-state index contributed by atoms with van der Waals surface area (Å²) in [5.74, 6) is -0.315. The molecule has 3 nitrogen and oxygen atoms in total. The van der Waals surface area contributed by atoms with Crippen molar-refractivity contribution in [1.82, 2.24) is 0 Å². The van der Waals surface area contributed by atoms with Crippen molar-refractivity contribution in [2.24, 2.45) is 5.41 Å². The Morgan fingerprint density at radius 2 is 1.55 bits per heavy atom. The van der Waals surface area contributed by atoms with E-state index in [4.69, 9.17) is 5.11 Å². The number of para-hydroxylation sites is 1. The van der Waals surface area contributed by atoms with Crippen LogP contribution in [0, 0.1) is 5.41 Å². The summed E-state index contributed by atoms with van der Waals surface area (Å²) < 4.78 is 0. The first-order chi connectivity index (χ1) is 8.93. The average Bonchev–Trinajstić information content (AvgIpc) is 2.25. The van der Waals surface area contributed by atoms with Crippen molar-refractivity contribution in [2.45, 2.75) is 59.8 Å². The second-order valence-corrected chi connectivity index (χ2v) is 7.22. The van der Waals surface area contributed by atoms with Gasteiger partial charge >= 0.3 is 5.97 Å². The summed E-state index contributed by atoms with van der Waals surface area (Å²) in [6.07, 6.45) is 1.03. The number of benzene rings is 1. The standard InChI is InChI=1S/C10H14O.C7H14O2/c1-10(2,3)8-6-4-5-7-9(8)11;1-7(2,3)5-4-6(8)9/h4-7,11H,1-3H3;4-5H2,1-3H3,(H,8,9). The fourth-order valence-corrected chi connectivity index (χ4v) is 1.59. The zero-order valence-electron chi connectivity index (χ0n) is 13.5. The lowest BCUT2D eigenvalue weighted by atomic mass is 9.86. The van der Waals surface area contributed by atoms with Crippen molar-refractivity contribution in [3.05, 3.63) is 29.8 Å². The molecule has 3 heteroatoms. The minimum Gasteiger partial charge on any atom is -0.508 e. The molecule has 1 aromatic rings. The summed E-state index contributed by atoms with van der Waals surface area (Å²) in [6.45, 7) is 12.4. The van der Waals surface area contributed by atoms with Crippen molar-refractivity contribution in [1.29, 1.82) is 0 Å². The van der Waals surface area contributed by atoms with Crippen molar-refractivity contribution >= 4 is 5.97 Å². The first kappa shape index (κ1) is 18.5. The minimum atomic E-state index is -0.704. The van der Waals surface area contributed by atoms with E-state index in [0.29, 0.717) is 5.75 Å². The molecule has 0 aliphatic rings. The van der Waals surface area contributed by atoms with E-state index in [0.717, 1.165) is 12.0 Å². The van der Waals surface area contributed by atoms with Crippen LogP contribution in [0.4, 0.5) is 0 Å². The second-order valence-electron chi connectivity index (χ2n) is 7.22. The van der Waals surface area contributed by atoms with Gasteiger partial charge in [-0.3, -0.25) is 4.79 Å². The summed E-state index contributed by atoms with van der Waals surface area (Å²) in [5.41, 5.74) is 1.18. The fraction of sp³-hybridized carbons (Fsp3) is 0.588. The van der Waals surface area contributed by atoms with Crippen LogP contribution >= 0.6 is 0 Å². The van der Waals surface area contributed by atoms with Crippen molar-refractivity contribution < 1.29 is 15.0 Å². The molecule has 0 saturated carbocycles. The van der Waals surface area contributed by atoms with Crippen LogP contribution in [-0.2, 0) is 10.2 Å². The molecule has 0 bridgehead atoms. The molecule has 0 spiro atoms. The second kappa shape index (κ2) is 7.32. The summed E-state index contributed by atoms with van der Waals surface area (Å²) in [6, 6.07) is 7.46. The van der Waals surface area contributed by atoms with Crippen LogP contribution in [0.2, 0.25) is 0 Å². The van der Waals surface area contributed by atoms with Gasteiger partial charge in [0.1, 0.15) is 5.75 Å². The maximum Gasteiger partial charge on any atom is 0.303 e. The molecule has 0 aliphatic carbocycles. The van der Waals surface area contributed by atoms with E-state index in [1.54, 1.807) is 6.07 Å². The molecule has 2 N–H and O–H groups in total. The highest BCUT2D eigenvalue weighted by Gasteiger charge is 2.16. The van der Waals surface area contributed by atoms with Gasteiger partial charge in [0.2, 0.25) is 0 Å². The molecule has 1 rings (SSSR count). The molecule has 20 heavy (non-hydrogen) atoms. The van der Waals surface area contributed by atoms with Crippen LogP contribution < -0.4 is 0 Å². The van der Waals surface area contributed by atoms with Gasteiger partial charge in [0.05, 0.1) is 0 Å². The predicted molar refractivity (Wildman–Crippen MR) is 83.1 cm³/mol. The van der Waals surface area contributed by atoms with Gasteiger partial charge in [-0.2, -0.15) is 0 Å². The third-order valence-electron chi connectivity index (χ3n) is 2.80. The van der Waals surface area contributed by atoms with E-state index < -0.39 is 5.97 Å². The number of hydrogen-bond acceptors (Lipinski definition) is 2. The Labute approximate surface area is 122 Å². The molecule has 0 fully saturated rings. The largest absolute Gasteiger partial charge is 0.508 e. The van der Waals surface area contributed by atoms with Gasteiger partial charge in [-0.15, -0.1) is 0 Å². The lowest BCUT2D eigenvalue weighted by molar-refractivity contribution is -0.137. The fourth-order valence-electron chi connectivity index (χ4n) is 1.59. The molecule has 0 heterocycles. The summed E-state index contributed by atoms with van der Waals surface area (Å²) >= 11 is 0. The monoisotopic (exact) mass is 280 g/mol. The molecule has 0 saturated heterocycles. The molecule has 1 aromatic carbocycles. The lowest BCUT2D eigenvalue weighted by Gasteiger charge is -2.19. The van der Waals surface area contributed by atoms with Gasteiger partial charge in [0.25, 0.3) is 0 Å². The highest BCUT2D eigenvalue weighted by molar-refractivity contribution is 5.66. The summed E-state index contributed by atoms with van der Waals surface area (Å²) in [7, 11) is 0. The quantitative estimate of drug-likeness (QED) is 0.833. The Balaban J connectivity index is 0.000000370. The minimum absolute atomic E-state index is 0.0331. The maximum atomic E-state index is 10.0. The van der Waals surface area contributed by atoms with Crippen LogP contribution in [0.15, 0.2) is 24.3 Å². The number of phenols is 1. The highest BCUT2D eigenvalue weighted by Crippen LogP contribution is 2.29. The summed E-state index contributed by atoms with van der Waals surface area (Å²) in [5, 5.41) is 17.7. The predicted octanol–water partition coefficient (Wildman–Crippen LogP) is 4.59. The SMILES string of the molecule is CC(C)(C)CCC(=O)O.CC(C)(C)c1ccccc1O. The number of carboxylic acids is 1. The Bertz CT molecular complexity index is 423. The average molecular weight is 280 g/mol. The molecule has 114 valence electrons. The van der Waals surface area contributed by atoms with Gasteiger partial charge in [0.15, 0.2) is 0 Å². The molecule has 0 aromatic heterocycles. The van der Waals surface area contributed by atoms with Crippen LogP contribution in [0.25, 0.3) is 0 Å². The van der Waals surface area contributed by atoms with E-state index in [-0.39, 0.29) is 17.3 Å². The Hall–Kier alpha value is -1.51. The molecular formula is C17H28O3. The molecule has 0 atom stereocenters. The van der Waals surface area contributed by atoms with E-state index in [2.05, 4.69) is 20.8 Å². The molecular weight excluding hydrogens is 252 g/mol. The van der Waals surface area contributed by atoms with Gasteiger partial charge in [-0.1, -0.05) is 59.7 Å². The number of aromatic hydroxyl groups is 1. The number of rotatable bonds is 2. The van der Waals surface area contributed by atoms with Gasteiger partial charge in [0, 0.05) is 6.42 Å². The third kappa shape index (κ3) is 8.57. The maximum absolute atomic E-state index is 10.0. The van der Waals surface area contributed by atoms with Crippen molar-refractivity contribution in [2.75, 3.05) is 0 Å². The Kier molecular flexibility index (Phi) is 6.77. The lowest BCUT2D eigenvalue weighted by Crippen LogP contribution is -2.10. The molecule has 0 radical (unpaired) electrons. The third-order valence-corrected chi connectivity index (χ3v) is 2.80. The normalized spacial score (nSPS) is 11.5. The highest BCUT2D eigenvalue weighted by atomic mass is 16.4. The van der Waals surface area contributed by atoms with Crippen LogP contribution in [-0.4, -0.2) is 16.2 Å². The van der Waals surface area contributed by atoms with Gasteiger partial charge in [-0.25, -0.2) is 0 Å². The topological polar surface area (TPSA) is 57.5 Å². The molecule has 0 unspecified atom stereocenters. The zero-order chi connectivity index (χ0) is 16.0. The van der Waals surface area contributed by atoms with Crippen LogP contribution in [0.3, 0.4) is 0 Å². The van der Waals surface area contributed by atoms with Gasteiger partial charge in [-0.05, 0) is 28.9 Å². The van der Waals surface area contributed by atoms with Gasteiger partial charge < -0.3 is 10.2 Å². The Morgan fingerprint density at radius 1 is 1.05 bits per heavy atom. The number of hydrogen-bond donors (Lipinski definition) is 2. The van der Waals surface area contributed by atoms with Crippen molar-refractivity contribution in [3.8, 4) is 5.75 Å².